The zero-order chi connectivity index (χ0) is 19.7. The second-order valence-electron chi connectivity index (χ2n) is 7.62. The average Bonchev–Trinajstić information content (AvgIpc) is 3.24. The summed E-state index contributed by atoms with van der Waals surface area (Å²) in [6.07, 6.45) is 4.81. The number of fused-ring (bicyclic) bond motifs is 1. The molecule has 0 radical (unpaired) electrons. The van der Waals surface area contributed by atoms with Gasteiger partial charge in [-0.25, -0.2) is 0 Å². The maximum absolute atomic E-state index is 13.0. The van der Waals surface area contributed by atoms with Gasteiger partial charge in [-0.15, -0.1) is 0 Å². The topological polar surface area (TPSA) is 71.2 Å². The average molecular weight is 378 g/mol. The van der Waals surface area contributed by atoms with Crippen LogP contribution in [0.2, 0.25) is 0 Å². The molecule has 0 bridgehead atoms. The van der Waals surface area contributed by atoms with E-state index >= 15 is 0 Å². The Labute approximate surface area is 164 Å². The van der Waals surface area contributed by atoms with Crippen molar-refractivity contribution in [3.63, 3.8) is 0 Å². The van der Waals surface area contributed by atoms with E-state index in [0.29, 0.717) is 18.7 Å². The van der Waals surface area contributed by atoms with Crippen molar-refractivity contribution in [3.8, 4) is 0 Å². The minimum atomic E-state index is -0.526. The number of amides is 1. The number of aryl methyl sites for hydroxylation is 2. The normalized spacial score (nSPS) is 19.5. The Hall–Kier alpha value is -2.73. The number of hydrogen-bond acceptors (Lipinski definition) is 4. The molecule has 6 nitrogen and oxygen atoms in total. The molecule has 2 atom stereocenters. The lowest BCUT2D eigenvalue weighted by Gasteiger charge is -2.16. The van der Waals surface area contributed by atoms with Gasteiger partial charge >= 0.3 is 0 Å². The van der Waals surface area contributed by atoms with E-state index in [1.165, 1.54) is 0 Å². The van der Waals surface area contributed by atoms with Gasteiger partial charge in [-0.2, -0.15) is 5.10 Å². The van der Waals surface area contributed by atoms with Crippen LogP contribution in [-0.2, 0) is 13.0 Å². The Morgan fingerprint density at radius 2 is 2.07 bits per heavy atom. The second kappa shape index (κ2) is 7.72. The maximum Gasteiger partial charge on any atom is 0.257 e. The number of likely N-dealkylation sites (tertiary alicyclic amines) is 1. The number of aliphatic hydroxyl groups excluding tert-OH is 1. The van der Waals surface area contributed by atoms with Crippen molar-refractivity contribution in [1.29, 1.82) is 0 Å². The van der Waals surface area contributed by atoms with Crippen LogP contribution in [0.3, 0.4) is 0 Å². The number of rotatable bonds is 5. The third-order valence-corrected chi connectivity index (χ3v) is 5.54. The molecule has 146 valence electrons. The monoisotopic (exact) mass is 378 g/mol. The van der Waals surface area contributed by atoms with Gasteiger partial charge in [0.15, 0.2) is 0 Å². The Balaban J connectivity index is 1.51. The van der Waals surface area contributed by atoms with Crippen LogP contribution in [0.5, 0.6) is 0 Å². The maximum atomic E-state index is 13.0. The lowest BCUT2D eigenvalue weighted by molar-refractivity contribution is 0.0764. The number of aromatic nitrogens is 3. The highest BCUT2D eigenvalue weighted by Crippen LogP contribution is 2.26. The van der Waals surface area contributed by atoms with Crippen molar-refractivity contribution in [2.45, 2.75) is 39.3 Å². The van der Waals surface area contributed by atoms with Gasteiger partial charge in [0.05, 0.1) is 22.9 Å². The Kier molecular flexibility index (Phi) is 5.13. The summed E-state index contributed by atoms with van der Waals surface area (Å²) in [5.74, 6) is -0.0262. The third kappa shape index (κ3) is 3.52. The summed E-state index contributed by atoms with van der Waals surface area (Å²) in [7, 11) is 0. The summed E-state index contributed by atoms with van der Waals surface area (Å²) in [5, 5.41) is 16.2. The molecule has 6 heteroatoms. The lowest BCUT2D eigenvalue weighted by atomic mass is 9.94. The summed E-state index contributed by atoms with van der Waals surface area (Å²) in [6.45, 7) is 5.67. The molecule has 0 saturated carbocycles. The first-order valence-electron chi connectivity index (χ1n) is 9.90. The van der Waals surface area contributed by atoms with Gasteiger partial charge in [0, 0.05) is 43.3 Å². The fourth-order valence-corrected chi connectivity index (χ4v) is 4.08. The highest BCUT2D eigenvalue weighted by molar-refractivity contribution is 5.95. The molecule has 2 aromatic heterocycles. The molecule has 1 saturated heterocycles. The molecule has 3 heterocycles. The van der Waals surface area contributed by atoms with E-state index in [0.717, 1.165) is 41.5 Å². The molecule has 0 aliphatic carbocycles. The standard InChI is InChI=1S/C22H26N4O2/c1-3-10-26-13-19(15(2)24-26)22(28)25-12-17(21(27)14-25)11-16-8-9-23-20-7-5-4-6-18(16)20/h4-9,13,17,21,27H,3,10-12,14H2,1-2H3/t17-,21-/m1/s1. The summed E-state index contributed by atoms with van der Waals surface area (Å²) in [6, 6.07) is 10.1. The molecule has 4 rings (SSSR count). The number of aliphatic hydroxyl groups is 1. The number of benzene rings is 1. The van der Waals surface area contributed by atoms with Crippen LogP contribution < -0.4 is 0 Å². The number of hydrogen-bond donors (Lipinski definition) is 1. The molecule has 0 unspecified atom stereocenters. The zero-order valence-electron chi connectivity index (χ0n) is 16.4. The molecule has 1 N–H and O–H groups in total. The van der Waals surface area contributed by atoms with Gasteiger partial charge in [0.2, 0.25) is 0 Å². The predicted molar refractivity (Wildman–Crippen MR) is 108 cm³/mol. The summed E-state index contributed by atoms with van der Waals surface area (Å²) < 4.78 is 1.83. The largest absolute Gasteiger partial charge is 0.391 e. The van der Waals surface area contributed by atoms with Crippen LogP contribution in [0.15, 0.2) is 42.7 Å². The van der Waals surface area contributed by atoms with Crippen LogP contribution in [-0.4, -0.2) is 49.9 Å². The fraction of sp³-hybridized carbons (Fsp3) is 0.409. The van der Waals surface area contributed by atoms with Gasteiger partial charge in [-0.1, -0.05) is 25.1 Å². The van der Waals surface area contributed by atoms with Gasteiger partial charge in [0.25, 0.3) is 5.91 Å². The first-order valence-corrected chi connectivity index (χ1v) is 9.90. The number of nitrogens with zero attached hydrogens (tertiary/aromatic N) is 4. The summed E-state index contributed by atoms with van der Waals surface area (Å²) in [4.78, 5) is 19.2. The molecule has 3 aromatic rings. The van der Waals surface area contributed by atoms with E-state index < -0.39 is 6.10 Å². The molecule has 1 fully saturated rings. The first-order chi connectivity index (χ1) is 13.6. The van der Waals surface area contributed by atoms with Crippen molar-refractivity contribution in [2.24, 2.45) is 5.92 Å². The van der Waals surface area contributed by atoms with Crippen molar-refractivity contribution in [2.75, 3.05) is 13.1 Å². The molecule has 0 spiro atoms. The van der Waals surface area contributed by atoms with Gasteiger partial charge < -0.3 is 10.0 Å². The molecule has 28 heavy (non-hydrogen) atoms. The van der Waals surface area contributed by atoms with E-state index in [1.807, 2.05) is 48.3 Å². The number of carbonyl (C=O) groups excluding carboxylic acids is 1. The van der Waals surface area contributed by atoms with E-state index in [-0.39, 0.29) is 11.8 Å². The summed E-state index contributed by atoms with van der Waals surface area (Å²) >= 11 is 0. The Morgan fingerprint density at radius 3 is 2.89 bits per heavy atom. The quantitative estimate of drug-likeness (QED) is 0.741. The molecule has 1 amide bonds. The Bertz CT molecular complexity index is 992. The number of para-hydroxylation sites is 1. The van der Waals surface area contributed by atoms with Crippen LogP contribution >= 0.6 is 0 Å². The smallest absolute Gasteiger partial charge is 0.257 e. The second-order valence-corrected chi connectivity index (χ2v) is 7.62. The van der Waals surface area contributed by atoms with Crippen LogP contribution in [0.1, 0.15) is 35.0 Å². The van der Waals surface area contributed by atoms with Crippen LogP contribution in [0, 0.1) is 12.8 Å². The highest BCUT2D eigenvalue weighted by atomic mass is 16.3. The number of pyridine rings is 1. The van der Waals surface area contributed by atoms with Gasteiger partial charge in [-0.3, -0.25) is 14.5 Å². The first kappa shape index (κ1) is 18.6. The lowest BCUT2D eigenvalue weighted by Crippen LogP contribution is -2.29. The van der Waals surface area contributed by atoms with E-state index in [2.05, 4.69) is 23.1 Å². The molecular weight excluding hydrogens is 352 g/mol. The van der Waals surface area contributed by atoms with Crippen molar-refractivity contribution in [1.82, 2.24) is 19.7 Å². The predicted octanol–water partition coefficient (Wildman–Crippen LogP) is 2.83. The molecule has 1 aromatic carbocycles. The zero-order valence-corrected chi connectivity index (χ0v) is 16.4. The van der Waals surface area contributed by atoms with Crippen molar-refractivity contribution in [3.05, 3.63) is 59.5 Å². The minimum Gasteiger partial charge on any atom is -0.391 e. The molecular formula is C22H26N4O2. The van der Waals surface area contributed by atoms with E-state index in [9.17, 15) is 9.90 Å². The molecule has 1 aliphatic heterocycles. The summed E-state index contributed by atoms with van der Waals surface area (Å²) in [5.41, 5.74) is 3.50. The van der Waals surface area contributed by atoms with Gasteiger partial charge in [-0.05, 0) is 37.5 Å². The SMILES string of the molecule is CCCn1cc(C(=O)N2C[C@@H](Cc3ccnc4ccccc34)[C@H](O)C2)c(C)n1. The van der Waals surface area contributed by atoms with Crippen LogP contribution in [0.4, 0.5) is 0 Å². The highest BCUT2D eigenvalue weighted by Gasteiger charge is 2.35. The van der Waals surface area contributed by atoms with E-state index in [1.54, 1.807) is 4.90 Å². The fourth-order valence-electron chi connectivity index (χ4n) is 4.08. The third-order valence-electron chi connectivity index (χ3n) is 5.54. The van der Waals surface area contributed by atoms with E-state index in [4.69, 9.17) is 0 Å². The number of β-amino-alcohol motifs (C(OH)–C–C–N with tert-alkyl or cyclic N) is 1. The van der Waals surface area contributed by atoms with Gasteiger partial charge in [0.1, 0.15) is 0 Å². The molecule has 1 aliphatic rings. The number of carbonyl (C=O) groups is 1. The Morgan fingerprint density at radius 1 is 1.25 bits per heavy atom. The van der Waals surface area contributed by atoms with Crippen molar-refractivity contribution < 1.29 is 9.90 Å². The van der Waals surface area contributed by atoms with Crippen LogP contribution in [0.25, 0.3) is 10.9 Å². The van der Waals surface area contributed by atoms with Crippen molar-refractivity contribution >= 4 is 16.8 Å². The minimum absolute atomic E-state index is 0.0146.